The smallest absolute Gasteiger partial charge is 0.162 e. The van der Waals surface area contributed by atoms with Gasteiger partial charge in [0.2, 0.25) is 0 Å². The van der Waals surface area contributed by atoms with E-state index in [1.54, 1.807) is 0 Å². The van der Waals surface area contributed by atoms with Crippen molar-refractivity contribution in [2.24, 2.45) is 0 Å². The molecule has 0 saturated heterocycles. The van der Waals surface area contributed by atoms with Crippen molar-refractivity contribution >= 4 is 16.6 Å². The second kappa shape index (κ2) is 5.44. The first kappa shape index (κ1) is 11.6. The summed E-state index contributed by atoms with van der Waals surface area (Å²) in [6.07, 6.45) is 4.24. The Hall–Kier alpha value is -1.89. The molecule has 0 atom stereocenters. The fourth-order valence-corrected chi connectivity index (χ4v) is 1.91. The Morgan fingerprint density at radius 2 is 1.88 bits per heavy atom. The maximum absolute atomic E-state index is 11.9. The van der Waals surface area contributed by atoms with Gasteiger partial charge >= 0.3 is 0 Å². The summed E-state index contributed by atoms with van der Waals surface area (Å²) in [6, 6.07) is 14.0. The third kappa shape index (κ3) is 2.82. The van der Waals surface area contributed by atoms with Gasteiger partial charge in [0.25, 0.3) is 0 Å². The van der Waals surface area contributed by atoms with Crippen LogP contribution in [0, 0.1) is 0 Å². The molecule has 0 fully saturated rings. The second-order valence-electron chi connectivity index (χ2n) is 4.17. The van der Waals surface area contributed by atoms with Gasteiger partial charge in [-0.05, 0) is 29.7 Å². The van der Waals surface area contributed by atoms with E-state index >= 15 is 0 Å². The molecule has 86 valence electrons. The summed E-state index contributed by atoms with van der Waals surface area (Å²) < 4.78 is 0. The maximum Gasteiger partial charge on any atom is 0.162 e. The fraction of sp³-hybridized carbons (Fsp3) is 0.188. The molecular formula is C16H16O. The molecule has 0 N–H and O–H groups in total. The molecule has 0 aliphatic carbocycles. The largest absolute Gasteiger partial charge is 0.294 e. The van der Waals surface area contributed by atoms with E-state index < -0.39 is 0 Å². The van der Waals surface area contributed by atoms with Gasteiger partial charge in [-0.3, -0.25) is 4.79 Å². The van der Waals surface area contributed by atoms with Crippen molar-refractivity contribution in [1.29, 1.82) is 0 Å². The predicted octanol–water partition coefficient (Wildman–Crippen LogP) is 4.38. The molecule has 1 nitrogen and oxygen atoms in total. The van der Waals surface area contributed by atoms with Gasteiger partial charge in [-0.15, -0.1) is 6.58 Å². The lowest BCUT2D eigenvalue weighted by Gasteiger charge is -2.02. The SMILES string of the molecule is C=CCCCC(=O)c1ccc2ccccc2c1. The van der Waals surface area contributed by atoms with E-state index in [2.05, 4.69) is 12.6 Å². The summed E-state index contributed by atoms with van der Waals surface area (Å²) >= 11 is 0. The van der Waals surface area contributed by atoms with Crippen molar-refractivity contribution in [3.05, 3.63) is 60.7 Å². The van der Waals surface area contributed by atoms with E-state index in [4.69, 9.17) is 0 Å². The van der Waals surface area contributed by atoms with Crippen LogP contribution in [0.3, 0.4) is 0 Å². The molecule has 17 heavy (non-hydrogen) atoms. The number of hydrogen-bond donors (Lipinski definition) is 0. The topological polar surface area (TPSA) is 17.1 Å². The first-order valence-electron chi connectivity index (χ1n) is 5.94. The van der Waals surface area contributed by atoms with E-state index in [1.165, 1.54) is 5.39 Å². The zero-order valence-corrected chi connectivity index (χ0v) is 9.86. The maximum atomic E-state index is 11.9. The molecule has 1 heteroatoms. The van der Waals surface area contributed by atoms with Crippen LogP contribution in [0.1, 0.15) is 29.6 Å². The first-order valence-corrected chi connectivity index (χ1v) is 5.94. The molecule has 0 spiro atoms. The molecule has 2 rings (SSSR count). The zero-order valence-electron chi connectivity index (χ0n) is 9.86. The van der Waals surface area contributed by atoms with Gasteiger partial charge in [-0.25, -0.2) is 0 Å². The quantitative estimate of drug-likeness (QED) is 0.418. The number of fused-ring (bicyclic) bond motifs is 1. The van der Waals surface area contributed by atoms with Crippen LogP contribution < -0.4 is 0 Å². The Morgan fingerprint density at radius 1 is 1.12 bits per heavy atom. The van der Waals surface area contributed by atoms with Gasteiger partial charge < -0.3 is 0 Å². The minimum Gasteiger partial charge on any atom is -0.294 e. The van der Waals surface area contributed by atoms with Crippen LogP contribution in [0.15, 0.2) is 55.1 Å². The van der Waals surface area contributed by atoms with Crippen LogP contribution in [0.5, 0.6) is 0 Å². The Balaban J connectivity index is 2.18. The van der Waals surface area contributed by atoms with E-state index in [1.807, 2.05) is 42.5 Å². The average Bonchev–Trinajstić information content (AvgIpc) is 2.38. The van der Waals surface area contributed by atoms with E-state index in [-0.39, 0.29) is 5.78 Å². The molecule has 0 bridgehead atoms. The molecular weight excluding hydrogens is 208 g/mol. The summed E-state index contributed by atoms with van der Waals surface area (Å²) in [6.45, 7) is 3.66. The number of hydrogen-bond acceptors (Lipinski definition) is 1. The summed E-state index contributed by atoms with van der Waals surface area (Å²) in [7, 11) is 0. The molecule has 0 heterocycles. The first-order chi connectivity index (χ1) is 8.31. The molecule has 0 amide bonds. The number of unbranched alkanes of at least 4 members (excludes halogenated alkanes) is 1. The third-order valence-corrected chi connectivity index (χ3v) is 2.88. The molecule has 0 saturated carbocycles. The number of allylic oxidation sites excluding steroid dienone is 1. The van der Waals surface area contributed by atoms with Gasteiger partial charge in [-0.2, -0.15) is 0 Å². The van der Waals surface area contributed by atoms with Crippen LogP contribution in [-0.4, -0.2) is 5.78 Å². The van der Waals surface area contributed by atoms with E-state index in [0.29, 0.717) is 6.42 Å². The lowest BCUT2D eigenvalue weighted by Crippen LogP contribution is -1.98. The third-order valence-electron chi connectivity index (χ3n) is 2.88. The Bertz CT molecular complexity index is 540. The minimum atomic E-state index is 0.220. The molecule has 0 unspecified atom stereocenters. The number of ketones is 1. The van der Waals surface area contributed by atoms with Crippen LogP contribution in [0.25, 0.3) is 10.8 Å². The van der Waals surface area contributed by atoms with Crippen molar-refractivity contribution in [3.63, 3.8) is 0 Å². The van der Waals surface area contributed by atoms with Gasteiger partial charge in [0, 0.05) is 12.0 Å². The van der Waals surface area contributed by atoms with Crippen molar-refractivity contribution in [2.45, 2.75) is 19.3 Å². The molecule has 0 radical (unpaired) electrons. The van der Waals surface area contributed by atoms with Gasteiger partial charge in [0.15, 0.2) is 5.78 Å². The highest BCUT2D eigenvalue weighted by Gasteiger charge is 2.05. The predicted molar refractivity (Wildman–Crippen MR) is 72.3 cm³/mol. The van der Waals surface area contributed by atoms with Crippen molar-refractivity contribution in [2.75, 3.05) is 0 Å². The van der Waals surface area contributed by atoms with E-state index in [9.17, 15) is 4.79 Å². The van der Waals surface area contributed by atoms with Crippen LogP contribution >= 0.6 is 0 Å². The molecule has 2 aromatic rings. The molecule has 0 aromatic heterocycles. The van der Waals surface area contributed by atoms with Crippen molar-refractivity contribution < 1.29 is 4.79 Å². The average molecular weight is 224 g/mol. The van der Waals surface area contributed by atoms with E-state index in [0.717, 1.165) is 23.8 Å². The highest BCUT2D eigenvalue weighted by molar-refractivity contribution is 5.99. The normalized spacial score (nSPS) is 10.4. The monoisotopic (exact) mass is 224 g/mol. The molecule has 0 aliphatic heterocycles. The number of carbonyl (C=O) groups is 1. The van der Waals surface area contributed by atoms with Gasteiger partial charge in [0.05, 0.1) is 0 Å². The number of benzene rings is 2. The van der Waals surface area contributed by atoms with Crippen LogP contribution in [0.4, 0.5) is 0 Å². The standard InChI is InChI=1S/C16H16O/c1-2-3-4-9-16(17)15-11-10-13-7-5-6-8-14(13)12-15/h2,5-8,10-12H,1,3-4,9H2. The van der Waals surface area contributed by atoms with Crippen LogP contribution in [-0.2, 0) is 0 Å². The molecule has 2 aromatic carbocycles. The summed E-state index contributed by atoms with van der Waals surface area (Å²) in [5, 5.41) is 2.30. The lowest BCUT2D eigenvalue weighted by atomic mass is 10.0. The highest BCUT2D eigenvalue weighted by atomic mass is 16.1. The Kier molecular flexibility index (Phi) is 3.71. The summed E-state index contributed by atoms with van der Waals surface area (Å²) in [4.78, 5) is 11.9. The fourth-order valence-electron chi connectivity index (χ4n) is 1.91. The molecule has 0 aliphatic rings. The van der Waals surface area contributed by atoms with Crippen LogP contribution in [0.2, 0.25) is 0 Å². The number of carbonyl (C=O) groups excluding carboxylic acids is 1. The van der Waals surface area contributed by atoms with Gasteiger partial charge in [0.1, 0.15) is 0 Å². The van der Waals surface area contributed by atoms with Crippen molar-refractivity contribution in [1.82, 2.24) is 0 Å². The highest BCUT2D eigenvalue weighted by Crippen LogP contribution is 2.17. The second-order valence-corrected chi connectivity index (χ2v) is 4.17. The summed E-state index contributed by atoms with van der Waals surface area (Å²) in [5.74, 6) is 0.220. The lowest BCUT2D eigenvalue weighted by molar-refractivity contribution is 0.0980. The number of rotatable bonds is 5. The van der Waals surface area contributed by atoms with Gasteiger partial charge in [-0.1, -0.05) is 42.5 Å². The minimum absolute atomic E-state index is 0.220. The number of Topliss-reactive ketones (excluding diaryl/α,β-unsaturated/α-hetero) is 1. The summed E-state index contributed by atoms with van der Waals surface area (Å²) in [5.41, 5.74) is 0.813. The Morgan fingerprint density at radius 3 is 2.65 bits per heavy atom. The Labute approximate surface area is 102 Å². The van der Waals surface area contributed by atoms with Crippen molar-refractivity contribution in [3.8, 4) is 0 Å². The zero-order chi connectivity index (χ0) is 12.1.